The second kappa shape index (κ2) is 8.10. The maximum Gasteiger partial charge on any atom is 0.180 e. The summed E-state index contributed by atoms with van der Waals surface area (Å²) in [6.45, 7) is 0. The van der Waals surface area contributed by atoms with E-state index >= 15 is 0 Å². The molecule has 0 spiro atoms. The molecular weight excluding hydrogens is 200 g/mol. The molecule has 8 heteroatoms. The van der Waals surface area contributed by atoms with Crippen molar-refractivity contribution in [3.8, 4) is 0 Å². The highest BCUT2D eigenvalue weighted by Gasteiger charge is 1.60. The fraction of sp³-hybridized carbons (Fsp3) is 0. The van der Waals surface area contributed by atoms with Gasteiger partial charge in [0.2, 0.25) is 0 Å². The van der Waals surface area contributed by atoms with Crippen molar-refractivity contribution >= 4 is 0 Å². The van der Waals surface area contributed by atoms with Crippen LogP contribution in [-0.4, -0.2) is 30.8 Å². The van der Waals surface area contributed by atoms with Crippen molar-refractivity contribution in [2.24, 2.45) is 0 Å². The number of H-pyrrole nitrogens is 1. The molecule has 0 atom stereocenters. The molecule has 0 saturated carbocycles. The molecule has 0 aliphatic carbocycles. The van der Waals surface area contributed by atoms with Crippen LogP contribution in [0.15, 0.2) is 52.6 Å². The first kappa shape index (κ1) is 10.6. The Labute approximate surface area is 84.3 Å². The number of hydrogen-bond donors (Lipinski definition) is 1. The standard InChI is InChI=1S/2C3H3NO.CH2N4/c1-2-5-3-4-1;2*1-2-4-5-3-1/h2*1-3H;1H,(H,2,3,4,5). The van der Waals surface area contributed by atoms with Crippen molar-refractivity contribution in [1.29, 1.82) is 0 Å². The second-order valence-electron chi connectivity index (χ2n) is 1.93. The Morgan fingerprint density at radius 3 is 2.33 bits per heavy atom. The van der Waals surface area contributed by atoms with Crippen molar-refractivity contribution in [3.05, 3.63) is 43.7 Å². The van der Waals surface area contributed by atoms with E-state index in [0.29, 0.717) is 0 Å². The Morgan fingerprint density at radius 1 is 1.13 bits per heavy atom. The van der Waals surface area contributed by atoms with Gasteiger partial charge in [0.1, 0.15) is 18.9 Å². The molecule has 0 fully saturated rings. The van der Waals surface area contributed by atoms with E-state index in [2.05, 4.69) is 39.7 Å². The van der Waals surface area contributed by atoms with Gasteiger partial charge in [0.15, 0.2) is 6.39 Å². The van der Waals surface area contributed by atoms with Gasteiger partial charge in [-0.05, 0) is 16.5 Å². The topological polar surface area (TPSA) is 107 Å². The van der Waals surface area contributed by atoms with Gasteiger partial charge in [0.25, 0.3) is 0 Å². The molecule has 1 N–H and O–H groups in total. The summed E-state index contributed by atoms with van der Waals surface area (Å²) in [5, 5.41) is 15.4. The third-order valence-electron chi connectivity index (χ3n) is 0.964. The van der Waals surface area contributed by atoms with Gasteiger partial charge in [-0.1, -0.05) is 5.16 Å². The highest BCUT2D eigenvalue weighted by molar-refractivity contribution is 4.67. The molecule has 3 rings (SSSR count). The number of oxazole rings is 1. The Kier molecular flexibility index (Phi) is 5.71. The first-order valence-corrected chi connectivity index (χ1v) is 3.83. The fourth-order valence-electron chi connectivity index (χ4n) is 0.480. The lowest BCUT2D eigenvalue weighted by atomic mass is 10.8. The lowest BCUT2D eigenvalue weighted by Gasteiger charge is -1.48. The summed E-state index contributed by atoms with van der Waals surface area (Å²) in [7, 11) is 0. The molecule has 78 valence electrons. The monoisotopic (exact) mass is 208 g/mol. The smallest absolute Gasteiger partial charge is 0.180 e. The van der Waals surface area contributed by atoms with Crippen LogP contribution in [0.4, 0.5) is 0 Å². The molecule has 8 nitrogen and oxygen atoms in total. The number of nitrogens with one attached hydrogen (secondary N) is 1. The van der Waals surface area contributed by atoms with E-state index in [1.165, 1.54) is 25.2 Å². The first-order chi connectivity index (χ1) is 7.50. The van der Waals surface area contributed by atoms with Crippen LogP contribution >= 0.6 is 0 Å². The molecule has 3 aromatic heterocycles. The zero-order valence-electron chi connectivity index (χ0n) is 7.59. The maximum absolute atomic E-state index is 4.47. The van der Waals surface area contributed by atoms with Crippen LogP contribution in [0.5, 0.6) is 0 Å². The molecule has 0 unspecified atom stereocenters. The van der Waals surface area contributed by atoms with Crippen LogP contribution in [0.2, 0.25) is 0 Å². The molecule has 0 aliphatic heterocycles. The number of rotatable bonds is 0. The molecule has 15 heavy (non-hydrogen) atoms. The molecule has 0 saturated heterocycles. The maximum atomic E-state index is 4.47. The Hall–Kier alpha value is -2.51. The number of tetrazole rings is 1. The number of hydrogen-bond acceptors (Lipinski definition) is 7. The van der Waals surface area contributed by atoms with Gasteiger partial charge in [0.05, 0.1) is 12.4 Å². The third-order valence-corrected chi connectivity index (χ3v) is 0.964. The largest absolute Gasteiger partial charge is 0.452 e. The molecular formula is C7H8N6O2. The van der Waals surface area contributed by atoms with Gasteiger partial charge in [-0.3, -0.25) is 0 Å². The van der Waals surface area contributed by atoms with Gasteiger partial charge in [0, 0.05) is 0 Å². The average Bonchev–Trinajstić information content (AvgIpc) is 3.09. The predicted octanol–water partition coefficient (Wildman–Crippen LogP) is 0.549. The minimum atomic E-state index is 1.38. The molecule has 0 aliphatic rings. The van der Waals surface area contributed by atoms with Crippen molar-refractivity contribution in [2.75, 3.05) is 0 Å². The Bertz CT molecular complexity index is 253. The third kappa shape index (κ3) is 6.63. The molecule has 0 amide bonds. The second-order valence-corrected chi connectivity index (χ2v) is 1.93. The lowest BCUT2D eigenvalue weighted by Crippen LogP contribution is -1.64. The van der Waals surface area contributed by atoms with Crippen molar-refractivity contribution in [1.82, 2.24) is 30.8 Å². The van der Waals surface area contributed by atoms with Crippen LogP contribution in [0.3, 0.4) is 0 Å². The summed E-state index contributed by atoms with van der Waals surface area (Å²) in [6.07, 6.45) is 8.97. The van der Waals surface area contributed by atoms with Gasteiger partial charge in [-0.25, -0.2) is 10.1 Å². The van der Waals surface area contributed by atoms with E-state index < -0.39 is 0 Å². The molecule has 0 radical (unpaired) electrons. The molecule has 0 aromatic carbocycles. The van der Waals surface area contributed by atoms with E-state index in [-0.39, 0.29) is 0 Å². The van der Waals surface area contributed by atoms with E-state index in [0.717, 1.165) is 0 Å². The normalized spacial score (nSPS) is 8.00. The van der Waals surface area contributed by atoms with Crippen molar-refractivity contribution < 1.29 is 8.94 Å². The van der Waals surface area contributed by atoms with E-state index in [4.69, 9.17) is 0 Å². The summed E-state index contributed by atoms with van der Waals surface area (Å²) in [6, 6.07) is 1.72. The Balaban J connectivity index is 0.000000112. The minimum Gasteiger partial charge on any atom is -0.452 e. The molecule has 3 heterocycles. The van der Waals surface area contributed by atoms with Crippen LogP contribution in [0.1, 0.15) is 0 Å². The number of aromatic nitrogens is 6. The Morgan fingerprint density at radius 2 is 2.13 bits per heavy atom. The van der Waals surface area contributed by atoms with E-state index in [1.807, 2.05) is 0 Å². The van der Waals surface area contributed by atoms with E-state index in [1.54, 1.807) is 18.5 Å². The van der Waals surface area contributed by atoms with Crippen LogP contribution in [0.25, 0.3) is 0 Å². The first-order valence-electron chi connectivity index (χ1n) is 3.83. The summed E-state index contributed by atoms with van der Waals surface area (Å²) >= 11 is 0. The van der Waals surface area contributed by atoms with Gasteiger partial charge < -0.3 is 8.94 Å². The average molecular weight is 208 g/mol. The van der Waals surface area contributed by atoms with E-state index in [9.17, 15) is 0 Å². The van der Waals surface area contributed by atoms with Crippen molar-refractivity contribution in [2.45, 2.75) is 0 Å². The number of nitrogens with zero attached hydrogens (tertiary/aromatic N) is 5. The highest BCUT2D eigenvalue weighted by Crippen LogP contribution is 1.72. The summed E-state index contributed by atoms with van der Waals surface area (Å²) in [4.78, 5) is 3.56. The van der Waals surface area contributed by atoms with Gasteiger partial charge in [-0.15, -0.1) is 5.10 Å². The van der Waals surface area contributed by atoms with Crippen LogP contribution in [-0.2, 0) is 0 Å². The molecule has 3 aromatic rings. The van der Waals surface area contributed by atoms with Crippen molar-refractivity contribution in [3.63, 3.8) is 0 Å². The minimum absolute atomic E-state index is 1.38. The summed E-state index contributed by atoms with van der Waals surface area (Å²) in [5.41, 5.74) is 0. The highest BCUT2D eigenvalue weighted by atomic mass is 16.5. The fourth-order valence-corrected chi connectivity index (χ4v) is 0.480. The SMILES string of the molecule is c1cnoc1.c1cocn1.c1nnn[nH]1. The molecule has 0 bridgehead atoms. The lowest BCUT2D eigenvalue weighted by molar-refractivity contribution is 0.420. The van der Waals surface area contributed by atoms with Crippen LogP contribution in [0, 0.1) is 0 Å². The zero-order valence-corrected chi connectivity index (χ0v) is 7.59. The quantitative estimate of drug-likeness (QED) is 0.574. The summed E-state index contributed by atoms with van der Waals surface area (Å²) < 4.78 is 8.81. The van der Waals surface area contributed by atoms with Gasteiger partial charge in [-0.2, -0.15) is 0 Å². The zero-order chi connectivity index (χ0) is 10.6. The number of aromatic amines is 1. The van der Waals surface area contributed by atoms with Crippen LogP contribution < -0.4 is 0 Å². The van der Waals surface area contributed by atoms with Gasteiger partial charge >= 0.3 is 0 Å². The summed E-state index contributed by atoms with van der Waals surface area (Å²) in [5.74, 6) is 0. The predicted molar refractivity (Wildman–Crippen MR) is 47.2 cm³/mol.